The van der Waals surface area contributed by atoms with E-state index >= 15 is 0 Å². The fourth-order valence-corrected chi connectivity index (χ4v) is 3.85. The van der Waals surface area contributed by atoms with Crippen LogP contribution in [0.1, 0.15) is 65.2 Å². The molecule has 0 saturated heterocycles. The Balaban J connectivity index is 4.09. The molecular formula is C26H54N6O4+2. The molecule has 10 nitrogen and oxygen atoms in total. The minimum Gasteiger partial charge on any atom is -0.351 e. The van der Waals surface area contributed by atoms with Crippen LogP contribution in [0.4, 0.5) is 0 Å². The molecule has 0 aliphatic rings. The van der Waals surface area contributed by atoms with Gasteiger partial charge >= 0.3 is 0 Å². The van der Waals surface area contributed by atoms with Gasteiger partial charge in [-0.25, -0.2) is 0 Å². The van der Waals surface area contributed by atoms with Gasteiger partial charge in [-0.2, -0.15) is 0 Å². The van der Waals surface area contributed by atoms with Crippen molar-refractivity contribution in [2.75, 3.05) is 80.5 Å². The topological polar surface area (TPSA) is 116 Å². The Hall–Kier alpha value is -2.20. The summed E-state index contributed by atoms with van der Waals surface area (Å²) >= 11 is 0. The highest BCUT2D eigenvalue weighted by molar-refractivity contribution is 5.80. The highest BCUT2D eigenvalue weighted by Gasteiger charge is 2.25. The first-order valence-corrected chi connectivity index (χ1v) is 13.6. The lowest BCUT2D eigenvalue weighted by molar-refractivity contribution is -0.874. The molecule has 0 heterocycles. The van der Waals surface area contributed by atoms with Crippen molar-refractivity contribution in [3.8, 4) is 0 Å². The Morgan fingerprint density at radius 3 is 1.00 bits per heavy atom. The molecule has 0 bridgehead atoms. The number of hydrogen-bond donors (Lipinski definition) is 4. The third-order valence-corrected chi connectivity index (χ3v) is 5.76. The van der Waals surface area contributed by atoms with E-state index in [4.69, 9.17) is 0 Å². The molecule has 4 N–H and O–H groups in total. The van der Waals surface area contributed by atoms with Crippen LogP contribution in [0.15, 0.2) is 0 Å². The zero-order chi connectivity index (χ0) is 27.5. The van der Waals surface area contributed by atoms with Crippen molar-refractivity contribution in [2.45, 2.75) is 65.2 Å². The fraction of sp³-hybridized carbons (Fsp3) is 0.846. The molecule has 0 atom stereocenters. The summed E-state index contributed by atoms with van der Waals surface area (Å²) in [5, 5.41) is 11.4. The monoisotopic (exact) mass is 514 g/mol. The highest BCUT2D eigenvalue weighted by atomic mass is 16.2. The van der Waals surface area contributed by atoms with Crippen LogP contribution in [-0.4, -0.2) is 113 Å². The van der Waals surface area contributed by atoms with Crippen molar-refractivity contribution in [1.82, 2.24) is 21.3 Å². The molecule has 0 fully saturated rings. The Labute approximate surface area is 219 Å². The predicted molar refractivity (Wildman–Crippen MR) is 144 cm³/mol. The van der Waals surface area contributed by atoms with E-state index in [1.165, 1.54) is 12.8 Å². The molecule has 36 heavy (non-hydrogen) atoms. The lowest BCUT2D eigenvalue weighted by Gasteiger charge is -2.28. The van der Waals surface area contributed by atoms with Crippen molar-refractivity contribution in [1.29, 1.82) is 0 Å². The van der Waals surface area contributed by atoms with E-state index in [9.17, 15) is 19.2 Å². The van der Waals surface area contributed by atoms with E-state index < -0.39 is 0 Å². The summed E-state index contributed by atoms with van der Waals surface area (Å²) < 4.78 is 0.511. The quantitative estimate of drug-likeness (QED) is 0.134. The lowest BCUT2D eigenvalue weighted by atomic mass is 10.2. The number of rotatable bonds is 21. The number of carbonyl (C=O) groups is 4. The number of nitrogens with one attached hydrogen (secondary N) is 4. The van der Waals surface area contributed by atoms with Gasteiger partial charge in [-0.05, 0) is 12.8 Å². The normalized spacial score (nSPS) is 11.6. The molecule has 10 heteroatoms. The van der Waals surface area contributed by atoms with E-state index in [0.717, 1.165) is 38.5 Å². The Bertz CT molecular complexity index is 611. The van der Waals surface area contributed by atoms with Crippen LogP contribution in [0.25, 0.3) is 0 Å². The second-order valence-corrected chi connectivity index (χ2v) is 11.0. The number of likely N-dealkylation sites (N-methyl/N-ethyl adjacent to an activating group) is 2. The van der Waals surface area contributed by atoms with Crippen LogP contribution in [0.2, 0.25) is 0 Å². The van der Waals surface area contributed by atoms with E-state index in [1.807, 2.05) is 28.2 Å². The van der Waals surface area contributed by atoms with Crippen LogP contribution in [0, 0.1) is 0 Å². The number of carbonyl (C=O) groups excluding carboxylic acids is 4. The third kappa shape index (κ3) is 20.0. The van der Waals surface area contributed by atoms with Crippen LogP contribution in [0.5, 0.6) is 0 Å². The predicted octanol–water partition coefficient (Wildman–Crippen LogP) is 0.765. The minimum atomic E-state index is -0.170. The number of unbranched alkanes of at least 4 members (excludes halogenated alkanes) is 6. The largest absolute Gasteiger partial charge is 0.351 e. The summed E-state index contributed by atoms with van der Waals surface area (Å²) in [4.78, 5) is 48.9. The number of hydrogen-bond acceptors (Lipinski definition) is 4. The Morgan fingerprint density at radius 2 is 0.722 bits per heavy atom. The molecule has 0 radical (unpaired) electrons. The molecular weight excluding hydrogens is 460 g/mol. The fourth-order valence-electron chi connectivity index (χ4n) is 3.85. The summed E-state index contributed by atoms with van der Waals surface area (Å²) in [5.74, 6) is -0.446. The maximum atomic E-state index is 12.3. The van der Waals surface area contributed by atoms with E-state index in [1.54, 1.807) is 0 Å². The molecule has 210 valence electrons. The van der Waals surface area contributed by atoms with Crippen LogP contribution in [-0.2, 0) is 19.2 Å². The van der Waals surface area contributed by atoms with E-state index in [2.05, 4.69) is 35.1 Å². The smallest absolute Gasteiger partial charge is 0.275 e. The summed E-state index contributed by atoms with van der Waals surface area (Å²) in [7, 11) is 7.39. The summed E-state index contributed by atoms with van der Waals surface area (Å²) in [5.41, 5.74) is 0. The Kier molecular flexibility index (Phi) is 17.8. The molecule has 0 aliphatic carbocycles. The molecule has 0 unspecified atom stereocenters. The number of amides is 4. The third-order valence-electron chi connectivity index (χ3n) is 5.76. The van der Waals surface area contributed by atoms with Crippen molar-refractivity contribution in [3.05, 3.63) is 0 Å². The van der Waals surface area contributed by atoms with Gasteiger partial charge in [-0.15, -0.1) is 0 Å². The van der Waals surface area contributed by atoms with Crippen LogP contribution in [0.3, 0.4) is 0 Å². The maximum absolute atomic E-state index is 12.3. The van der Waals surface area contributed by atoms with Crippen molar-refractivity contribution < 1.29 is 28.1 Å². The number of quaternary nitrogens is 2. The van der Waals surface area contributed by atoms with E-state index in [-0.39, 0.29) is 58.8 Å². The second-order valence-electron chi connectivity index (χ2n) is 11.0. The molecule has 0 aromatic carbocycles. The first-order chi connectivity index (χ1) is 16.9. The maximum Gasteiger partial charge on any atom is 0.275 e. The van der Waals surface area contributed by atoms with Gasteiger partial charge in [-0.1, -0.05) is 52.4 Å². The second kappa shape index (κ2) is 19.0. The molecule has 0 spiro atoms. The van der Waals surface area contributed by atoms with Gasteiger partial charge in [0, 0.05) is 26.2 Å². The summed E-state index contributed by atoms with van der Waals surface area (Å²) in [6.45, 7) is 7.07. The van der Waals surface area contributed by atoms with Gasteiger partial charge in [0.2, 0.25) is 0 Å². The first-order valence-electron chi connectivity index (χ1n) is 13.6. The molecule has 0 aliphatic heterocycles. The lowest BCUT2D eigenvalue weighted by Crippen LogP contribution is -2.54. The van der Waals surface area contributed by atoms with Gasteiger partial charge in [-0.3, -0.25) is 19.2 Å². The Morgan fingerprint density at radius 1 is 0.444 bits per heavy atom. The van der Waals surface area contributed by atoms with Crippen molar-refractivity contribution in [2.24, 2.45) is 0 Å². The summed E-state index contributed by atoms with van der Waals surface area (Å²) in [6.07, 6.45) is 8.83. The summed E-state index contributed by atoms with van der Waals surface area (Å²) in [6, 6.07) is 0. The van der Waals surface area contributed by atoms with Gasteiger partial charge in [0.05, 0.1) is 28.2 Å². The average molecular weight is 515 g/mol. The average Bonchev–Trinajstić information content (AvgIpc) is 2.75. The van der Waals surface area contributed by atoms with Gasteiger partial charge in [0.1, 0.15) is 0 Å². The molecule has 0 rings (SSSR count). The van der Waals surface area contributed by atoms with Crippen LogP contribution >= 0.6 is 0 Å². The minimum absolute atomic E-state index is 0.0533. The first kappa shape index (κ1) is 33.8. The number of nitrogens with zero attached hydrogens (tertiary/aromatic N) is 2. The van der Waals surface area contributed by atoms with Gasteiger partial charge in [0.25, 0.3) is 23.6 Å². The van der Waals surface area contributed by atoms with Gasteiger partial charge in [0.15, 0.2) is 26.2 Å². The zero-order valence-electron chi connectivity index (χ0n) is 23.8. The van der Waals surface area contributed by atoms with Crippen molar-refractivity contribution in [3.63, 3.8) is 0 Å². The molecule has 0 aromatic rings. The zero-order valence-corrected chi connectivity index (χ0v) is 23.8. The molecule has 0 saturated carbocycles. The van der Waals surface area contributed by atoms with Crippen LogP contribution < -0.4 is 21.3 Å². The van der Waals surface area contributed by atoms with Gasteiger partial charge < -0.3 is 30.2 Å². The molecule has 0 aromatic heterocycles. The highest BCUT2D eigenvalue weighted by Crippen LogP contribution is 2.00. The van der Waals surface area contributed by atoms with E-state index in [0.29, 0.717) is 26.2 Å². The standard InChI is InChI=1S/C26H52N6O4/c1-7-9-11-13-15-27-23(33)19-31(3,4)21-25(35)29-17-18-30-26(36)22-32(5,6)20-24(34)28-16-14-12-10-8-2/h7-22H2,1-6H3,(H2-2,27,28,29,30,33,34,35,36)/p+2. The van der Waals surface area contributed by atoms with Crippen molar-refractivity contribution >= 4 is 23.6 Å². The SMILES string of the molecule is CCCCCCNC(=O)C[N+](C)(C)CC(=O)NCCNC(=O)C[N+](C)(C)CC(=O)NCCCCCC. The molecule has 4 amide bonds.